The summed E-state index contributed by atoms with van der Waals surface area (Å²) >= 11 is 0. The second-order valence-corrected chi connectivity index (χ2v) is 6.42. The summed E-state index contributed by atoms with van der Waals surface area (Å²) in [6, 6.07) is 7.66. The van der Waals surface area contributed by atoms with Gasteiger partial charge in [0.15, 0.2) is 5.96 Å². The highest BCUT2D eigenvalue weighted by atomic mass is 127. The number of hydrogen-bond donors (Lipinski definition) is 2. The highest BCUT2D eigenvalue weighted by Gasteiger charge is 2.46. The lowest BCUT2D eigenvalue weighted by molar-refractivity contribution is 0.572. The Kier molecular flexibility index (Phi) is 5.69. The van der Waals surface area contributed by atoms with Gasteiger partial charge in [0, 0.05) is 18.0 Å². The molecule has 0 amide bonds. The quantitative estimate of drug-likeness (QED) is 0.438. The van der Waals surface area contributed by atoms with Crippen LogP contribution in [0.1, 0.15) is 38.7 Å². The summed E-state index contributed by atoms with van der Waals surface area (Å²) < 4.78 is 14.0. The molecule has 0 aliphatic heterocycles. The Morgan fingerprint density at radius 1 is 1.36 bits per heavy atom. The average molecular weight is 417 g/mol. The van der Waals surface area contributed by atoms with E-state index in [-0.39, 0.29) is 35.2 Å². The molecule has 3 nitrogen and oxygen atoms in total. The molecule has 2 aliphatic carbocycles. The maximum absolute atomic E-state index is 14.0. The first kappa shape index (κ1) is 17.5. The van der Waals surface area contributed by atoms with Crippen LogP contribution in [0.5, 0.6) is 0 Å². The van der Waals surface area contributed by atoms with Crippen molar-refractivity contribution >= 4 is 29.9 Å². The van der Waals surface area contributed by atoms with E-state index in [1.165, 1.54) is 6.42 Å². The minimum atomic E-state index is -0.0982. The van der Waals surface area contributed by atoms with Gasteiger partial charge in [-0.2, -0.15) is 0 Å². The Morgan fingerprint density at radius 2 is 2.05 bits per heavy atom. The third-order valence-electron chi connectivity index (χ3n) is 4.61. The molecule has 2 N–H and O–H groups in total. The van der Waals surface area contributed by atoms with Crippen LogP contribution in [0.15, 0.2) is 29.3 Å². The van der Waals surface area contributed by atoms with Gasteiger partial charge in [0.2, 0.25) is 0 Å². The van der Waals surface area contributed by atoms with Crippen LogP contribution in [0.2, 0.25) is 0 Å². The van der Waals surface area contributed by atoms with Crippen molar-refractivity contribution in [3.63, 3.8) is 0 Å². The molecule has 2 saturated carbocycles. The first-order chi connectivity index (χ1) is 10.1. The van der Waals surface area contributed by atoms with Gasteiger partial charge in [0.1, 0.15) is 5.82 Å². The Bertz CT molecular complexity index is 542. The van der Waals surface area contributed by atoms with Crippen molar-refractivity contribution in [3.05, 3.63) is 35.6 Å². The van der Waals surface area contributed by atoms with Gasteiger partial charge in [-0.25, -0.2) is 4.39 Å². The van der Waals surface area contributed by atoms with Crippen LogP contribution < -0.4 is 10.6 Å². The number of guanidine groups is 1. The van der Waals surface area contributed by atoms with E-state index in [0.717, 1.165) is 36.8 Å². The number of hydrogen-bond acceptors (Lipinski definition) is 1. The van der Waals surface area contributed by atoms with Crippen molar-refractivity contribution < 1.29 is 4.39 Å². The molecule has 2 fully saturated rings. The number of nitrogens with one attached hydrogen (secondary N) is 2. The summed E-state index contributed by atoms with van der Waals surface area (Å²) in [6.07, 6.45) is 3.26. The molecule has 0 saturated heterocycles. The number of aliphatic imine (C=N–C) groups is 1. The average Bonchev–Trinajstić information content (AvgIpc) is 3.37. The summed E-state index contributed by atoms with van der Waals surface area (Å²) in [5.74, 6) is 1.50. The van der Waals surface area contributed by atoms with Crippen molar-refractivity contribution in [2.24, 2.45) is 10.9 Å². The largest absolute Gasteiger partial charge is 0.357 e. The second kappa shape index (κ2) is 7.15. The standard InChI is InChI=1S/C17H24FN3.HI/c1-3-19-16(21-15-10-12(15)2)20-11-17(8-9-17)13-6-4-5-7-14(13)18;/h4-7,12,15H,3,8-11H2,1-2H3,(H2,19,20,21);1H. The molecule has 0 bridgehead atoms. The Hall–Kier alpha value is -0.850. The first-order valence-corrected chi connectivity index (χ1v) is 7.94. The second-order valence-electron chi connectivity index (χ2n) is 6.42. The fourth-order valence-corrected chi connectivity index (χ4v) is 2.80. The number of benzene rings is 1. The molecule has 0 spiro atoms. The summed E-state index contributed by atoms with van der Waals surface area (Å²) in [5.41, 5.74) is 0.743. The fourth-order valence-electron chi connectivity index (χ4n) is 2.80. The lowest BCUT2D eigenvalue weighted by Crippen LogP contribution is -2.39. The summed E-state index contributed by atoms with van der Waals surface area (Å²) in [5, 5.41) is 6.74. The van der Waals surface area contributed by atoms with E-state index in [4.69, 9.17) is 4.99 Å². The third kappa shape index (κ3) is 3.91. The molecule has 122 valence electrons. The van der Waals surface area contributed by atoms with E-state index in [0.29, 0.717) is 12.6 Å². The van der Waals surface area contributed by atoms with Crippen LogP contribution in [0, 0.1) is 11.7 Å². The van der Waals surface area contributed by atoms with Gasteiger partial charge in [0.25, 0.3) is 0 Å². The highest BCUT2D eigenvalue weighted by molar-refractivity contribution is 14.0. The zero-order chi connectivity index (χ0) is 14.9. The van der Waals surface area contributed by atoms with Crippen molar-refractivity contribution in [2.45, 2.75) is 44.6 Å². The lowest BCUT2D eigenvalue weighted by atomic mass is 9.95. The molecule has 0 heterocycles. The van der Waals surface area contributed by atoms with Gasteiger partial charge < -0.3 is 10.6 Å². The maximum atomic E-state index is 14.0. The van der Waals surface area contributed by atoms with Gasteiger partial charge in [0.05, 0.1) is 6.54 Å². The van der Waals surface area contributed by atoms with Gasteiger partial charge in [-0.15, -0.1) is 24.0 Å². The van der Waals surface area contributed by atoms with Crippen molar-refractivity contribution in [2.75, 3.05) is 13.1 Å². The smallest absolute Gasteiger partial charge is 0.191 e. The molecule has 0 radical (unpaired) electrons. The summed E-state index contributed by atoms with van der Waals surface area (Å²) in [6.45, 7) is 5.81. The van der Waals surface area contributed by atoms with E-state index in [9.17, 15) is 4.39 Å². The highest BCUT2D eigenvalue weighted by Crippen LogP contribution is 2.49. The predicted octanol–water partition coefficient (Wildman–Crippen LogP) is 3.44. The fraction of sp³-hybridized carbons (Fsp3) is 0.588. The molecule has 1 aromatic rings. The van der Waals surface area contributed by atoms with Crippen LogP contribution in [0.4, 0.5) is 4.39 Å². The van der Waals surface area contributed by atoms with E-state index < -0.39 is 0 Å². The lowest BCUT2D eigenvalue weighted by Gasteiger charge is -2.16. The van der Waals surface area contributed by atoms with Crippen LogP contribution >= 0.6 is 24.0 Å². The Labute approximate surface area is 149 Å². The van der Waals surface area contributed by atoms with Gasteiger partial charge >= 0.3 is 0 Å². The molecule has 22 heavy (non-hydrogen) atoms. The molecule has 3 rings (SSSR count). The number of rotatable bonds is 5. The normalized spacial score (nSPS) is 25.1. The molecule has 0 aromatic heterocycles. The van der Waals surface area contributed by atoms with Gasteiger partial charge in [-0.05, 0) is 43.7 Å². The molecule has 2 aliphatic rings. The van der Waals surface area contributed by atoms with Crippen LogP contribution in [0.25, 0.3) is 0 Å². The van der Waals surface area contributed by atoms with Crippen LogP contribution in [0.3, 0.4) is 0 Å². The van der Waals surface area contributed by atoms with Gasteiger partial charge in [-0.1, -0.05) is 25.1 Å². The van der Waals surface area contributed by atoms with Crippen molar-refractivity contribution in [1.82, 2.24) is 10.6 Å². The SMILES string of the molecule is CCNC(=NCC1(c2ccccc2F)CC1)NC1CC1C.I. The Balaban J connectivity index is 0.00000176. The number of halogens is 2. The molecule has 2 atom stereocenters. The summed E-state index contributed by atoms with van der Waals surface area (Å²) in [7, 11) is 0. The van der Waals surface area contributed by atoms with E-state index in [1.54, 1.807) is 12.1 Å². The minimum absolute atomic E-state index is 0. The molecule has 5 heteroatoms. The first-order valence-electron chi connectivity index (χ1n) is 7.94. The molecule has 1 aromatic carbocycles. The van der Waals surface area contributed by atoms with Gasteiger partial charge in [-0.3, -0.25) is 4.99 Å². The van der Waals surface area contributed by atoms with E-state index >= 15 is 0 Å². The zero-order valence-electron chi connectivity index (χ0n) is 13.2. The maximum Gasteiger partial charge on any atom is 0.191 e. The van der Waals surface area contributed by atoms with E-state index in [2.05, 4.69) is 24.5 Å². The monoisotopic (exact) mass is 417 g/mol. The summed E-state index contributed by atoms with van der Waals surface area (Å²) in [4.78, 5) is 4.71. The van der Waals surface area contributed by atoms with Crippen LogP contribution in [-0.4, -0.2) is 25.1 Å². The molecular formula is C17H25FIN3. The third-order valence-corrected chi connectivity index (χ3v) is 4.61. The molecule has 2 unspecified atom stereocenters. The number of nitrogens with zero attached hydrogens (tertiary/aromatic N) is 1. The molecular weight excluding hydrogens is 392 g/mol. The van der Waals surface area contributed by atoms with Crippen molar-refractivity contribution in [1.29, 1.82) is 0 Å². The van der Waals surface area contributed by atoms with Crippen molar-refractivity contribution in [3.8, 4) is 0 Å². The minimum Gasteiger partial charge on any atom is -0.357 e. The topological polar surface area (TPSA) is 36.4 Å². The van der Waals surface area contributed by atoms with E-state index in [1.807, 2.05) is 12.1 Å². The Morgan fingerprint density at radius 3 is 2.59 bits per heavy atom. The van der Waals surface area contributed by atoms with Crippen LogP contribution in [-0.2, 0) is 5.41 Å². The zero-order valence-corrected chi connectivity index (χ0v) is 15.6. The predicted molar refractivity (Wildman–Crippen MR) is 99.4 cm³/mol.